The molecule has 0 aliphatic carbocycles. The molecule has 0 atom stereocenters. The molecule has 2 heterocycles. The molecule has 8 heteroatoms. The first kappa shape index (κ1) is 20.4. The van der Waals surface area contributed by atoms with Crippen LogP contribution in [0.1, 0.15) is 31.2 Å². The van der Waals surface area contributed by atoms with E-state index < -0.39 is 11.7 Å². The number of nitrogens with one attached hydrogen (secondary N) is 1. The second kappa shape index (κ2) is 8.77. The highest BCUT2D eigenvalue weighted by atomic mass is 19.4. The lowest BCUT2D eigenvalue weighted by Crippen LogP contribution is -2.40. The first-order chi connectivity index (χ1) is 13.3. The zero-order chi connectivity index (χ0) is 20.1. The molecular formula is C20H25F3N4O. The van der Waals surface area contributed by atoms with Crippen LogP contribution in [0, 0.1) is 5.92 Å². The molecule has 1 fully saturated rings. The minimum absolute atomic E-state index is 0.168. The number of carbonyl (C=O) groups is 1. The van der Waals surface area contributed by atoms with Gasteiger partial charge in [0, 0.05) is 31.0 Å². The molecule has 0 spiro atoms. The summed E-state index contributed by atoms with van der Waals surface area (Å²) in [5.74, 6) is 1.34. The summed E-state index contributed by atoms with van der Waals surface area (Å²) >= 11 is 0. The Labute approximate surface area is 162 Å². The van der Waals surface area contributed by atoms with E-state index in [1.54, 1.807) is 0 Å². The largest absolute Gasteiger partial charge is 0.416 e. The number of hydrogen-bond donors (Lipinski definition) is 1. The highest BCUT2D eigenvalue weighted by Gasteiger charge is 2.30. The lowest BCUT2D eigenvalue weighted by atomic mass is 9.96. The number of aryl methyl sites for hydroxylation is 1. The molecule has 0 saturated carbocycles. The van der Waals surface area contributed by atoms with Gasteiger partial charge in [0.15, 0.2) is 0 Å². The van der Waals surface area contributed by atoms with Crippen LogP contribution < -0.4 is 5.32 Å². The van der Waals surface area contributed by atoms with Crippen molar-refractivity contribution in [2.24, 2.45) is 5.92 Å². The molecule has 3 rings (SSSR count). The number of rotatable bonds is 6. The number of hydrogen-bond acceptors (Lipinski definition) is 3. The third-order valence-electron chi connectivity index (χ3n) is 5.12. The van der Waals surface area contributed by atoms with Crippen LogP contribution in [0.4, 0.5) is 18.9 Å². The monoisotopic (exact) mass is 394 g/mol. The van der Waals surface area contributed by atoms with Gasteiger partial charge < -0.3 is 9.88 Å². The molecule has 1 N–H and O–H groups in total. The van der Waals surface area contributed by atoms with Crippen molar-refractivity contribution >= 4 is 11.6 Å². The van der Waals surface area contributed by atoms with Gasteiger partial charge in [-0.25, -0.2) is 4.98 Å². The van der Waals surface area contributed by atoms with E-state index in [9.17, 15) is 18.0 Å². The number of imidazole rings is 1. The fourth-order valence-electron chi connectivity index (χ4n) is 3.60. The van der Waals surface area contributed by atoms with Gasteiger partial charge in [-0.1, -0.05) is 13.0 Å². The SMILES string of the molecule is CCc1nccn1CC1CCN(CC(=O)Nc2cccc(C(F)(F)F)c2)CC1. The fraction of sp³-hybridized carbons (Fsp3) is 0.500. The van der Waals surface area contributed by atoms with Crippen molar-refractivity contribution in [2.45, 2.75) is 38.9 Å². The van der Waals surface area contributed by atoms with Crippen LogP contribution in [0.15, 0.2) is 36.7 Å². The highest BCUT2D eigenvalue weighted by molar-refractivity contribution is 5.92. The summed E-state index contributed by atoms with van der Waals surface area (Å²) in [6.07, 6.45) is 2.28. The van der Waals surface area contributed by atoms with E-state index in [4.69, 9.17) is 0 Å². The van der Waals surface area contributed by atoms with E-state index in [1.165, 1.54) is 12.1 Å². The standard InChI is InChI=1S/C20H25F3N4O/c1-2-18-24-8-11-27(18)13-15-6-9-26(10-7-15)14-19(28)25-17-5-3-4-16(12-17)20(21,22)23/h3-5,8,11-12,15H,2,6-7,9-10,13-14H2,1H3,(H,25,28). The fourth-order valence-corrected chi connectivity index (χ4v) is 3.60. The maximum atomic E-state index is 12.8. The molecule has 28 heavy (non-hydrogen) atoms. The maximum Gasteiger partial charge on any atom is 0.416 e. The summed E-state index contributed by atoms with van der Waals surface area (Å²) in [5.41, 5.74) is -0.598. The van der Waals surface area contributed by atoms with Gasteiger partial charge in [0.2, 0.25) is 5.91 Å². The Balaban J connectivity index is 1.46. The first-order valence-electron chi connectivity index (χ1n) is 9.54. The van der Waals surface area contributed by atoms with Gasteiger partial charge in [0.1, 0.15) is 5.82 Å². The van der Waals surface area contributed by atoms with E-state index in [-0.39, 0.29) is 18.1 Å². The molecule has 1 amide bonds. The van der Waals surface area contributed by atoms with E-state index in [0.717, 1.165) is 56.9 Å². The summed E-state index contributed by atoms with van der Waals surface area (Å²) in [5, 5.41) is 2.57. The number of likely N-dealkylation sites (tertiary alicyclic amines) is 1. The number of nitrogens with zero attached hydrogens (tertiary/aromatic N) is 3. The summed E-state index contributed by atoms with van der Waals surface area (Å²) in [4.78, 5) is 18.6. The molecule has 1 aromatic heterocycles. The van der Waals surface area contributed by atoms with Crippen molar-refractivity contribution in [2.75, 3.05) is 25.0 Å². The van der Waals surface area contributed by atoms with Crippen LogP contribution >= 0.6 is 0 Å². The van der Waals surface area contributed by atoms with Crippen molar-refractivity contribution in [1.29, 1.82) is 0 Å². The van der Waals surface area contributed by atoms with Crippen LogP contribution in [0.5, 0.6) is 0 Å². The Bertz CT molecular complexity index is 795. The molecule has 1 aromatic carbocycles. The van der Waals surface area contributed by atoms with Crippen molar-refractivity contribution in [1.82, 2.24) is 14.5 Å². The van der Waals surface area contributed by atoms with Gasteiger partial charge in [-0.2, -0.15) is 13.2 Å². The number of amides is 1. The predicted molar refractivity (Wildman–Crippen MR) is 101 cm³/mol. The summed E-state index contributed by atoms with van der Waals surface area (Å²) < 4.78 is 40.5. The second-order valence-corrected chi connectivity index (χ2v) is 7.20. The molecule has 1 saturated heterocycles. The molecule has 0 unspecified atom stereocenters. The predicted octanol–water partition coefficient (Wildman–Crippen LogP) is 3.82. The van der Waals surface area contributed by atoms with Crippen molar-refractivity contribution in [3.8, 4) is 0 Å². The Hall–Kier alpha value is -2.35. The maximum absolute atomic E-state index is 12.8. The second-order valence-electron chi connectivity index (χ2n) is 7.20. The van der Waals surface area contributed by atoms with Gasteiger partial charge in [0.05, 0.1) is 12.1 Å². The van der Waals surface area contributed by atoms with Crippen molar-refractivity contribution in [3.63, 3.8) is 0 Å². The van der Waals surface area contributed by atoms with Gasteiger partial charge in [-0.05, 0) is 50.0 Å². The first-order valence-corrected chi connectivity index (χ1v) is 9.54. The molecule has 152 valence electrons. The van der Waals surface area contributed by atoms with Gasteiger partial charge in [-0.3, -0.25) is 9.69 Å². The molecule has 2 aromatic rings. The summed E-state index contributed by atoms with van der Waals surface area (Å²) in [6, 6.07) is 4.71. The summed E-state index contributed by atoms with van der Waals surface area (Å²) in [7, 11) is 0. The Morgan fingerprint density at radius 3 is 2.71 bits per heavy atom. The van der Waals surface area contributed by atoms with Gasteiger partial charge >= 0.3 is 6.18 Å². The smallest absolute Gasteiger partial charge is 0.335 e. The van der Waals surface area contributed by atoms with Crippen LogP contribution in [0.25, 0.3) is 0 Å². The number of aromatic nitrogens is 2. The van der Waals surface area contributed by atoms with Gasteiger partial charge in [0.25, 0.3) is 0 Å². The molecular weight excluding hydrogens is 369 g/mol. The Morgan fingerprint density at radius 2 is 2.04 bits per heavy atom. The van der Waals surface area contributed by atoms with E-state index >= 15 is 0 Å². The third-order valence-corrected chi connectivity index (χ3v) is 5.12. The van der Waals surface area contributed by atoms with Crippen LogP contribution in [0.3, 0.4) is 0 Å². The Kier molecular flexibility index (Phi) is 6.39. The van der Waals surface area contributed by atoms with Crippen LogP contribution in [-0.4, -0.2) is 40.0 Å². The summed E-state index contributed by atoms with van der Waals surface area (Å²) in [6.45, 7) is 4.82. The third kappa shape index (κ3) is 5.34. The normalized spacial score (nSPS) is 16.3. The lowest BCUT2D eigenvalue weighted by Gasteiger charge is -2.31. The van der Waals surface area contributed by atoms with E-state index in [2.05, 4.69) is 21.8 Å². The lowest BCUT2D eigenvalue weighted by molar-refractivity contribution is -0.137. The molecule has 0 radical (unpaired) electrons. The van der Waals surface area contributed by atoms with E-state index in [1.807, 2.05) is 17.3 Å². The van der Waals surface area contributed by atoms with Crippen LogP contribution in [0.2, 0.25) is 0 Å². The molecule has 5 nitrogen and oxygen atoms in total. The quantitative estimate of drug-likeness (QED) is 0.811. The van der Waals surface area contributed by atoms with Gasteiger partial charge in [-0.15, -0.1) is 0 Å². The molecule has 1 aliphatic heterocycles. The number of piperidine rings is 1. The van der Waals surface area contributed by atoms with E-state index in [0.29, 0.717) is 5.92 Å². The van der Waals surface area contributed by atoms with Crippen LogP contribution in [-0.2, 0) is 23.9 Å². The Morgan fingerprint density at radius 1 is 1.29 bits per heavy atom. The number of carbonyl (C=O) groups excluding carboxylic acids is 1. The minimum atomic E-state index is -4.42. The topological polar surface area (TPSA) is 50.2 Å². The number of halogens is 3. The molecule has 1 aliphatic rings. The zero-order valence-electron chi connectivity index (χ0n) is 15.9. The van der Waals surface area contributed by atoms with Crippen molar-refractivity contribution < 1.29 is 18.0 Å². The number of anilines is 1. The average molecular weight is 394 g/mol. The molecule has 0 bridgehead atoms. The zero-order valence-corrected chi connectivity index (χ0v) is 15.9. The van der Waals surface area contributed by atoms with Crippen molar-refractivity contribution in [3.05, 3.63) is 48.0 Å². The highest BCUT2D eigenvalue weighted by Crippen LogP contribution is 2.30. The minimum Gasteiger partial charge on any atom is -0.335 e. The average Bonchev–Trinajstić information content (AvgIpc) is 3.10. The number of alkyl halides is 3. The number of benzene rings is 1.